The summed E-state index contributed by atoms with van der Waals surface area (Å²) in [6.45, 7) is 0. The number of nitrogens with zero attached hydrogens (tertiary/aromatic N) is 4. The highest BCUT2D eigenvalue weighted by Crippen LogP contribution is 2.40. The van der Waals surface area contributed by atoms with Crippen molar-refractivity contribution in [2.24, 2.45) is 0 Å². The van der Waals surface area contributed by atoms with Crippen molar-refractivity contribution >= 4 is 32.3 Å². The van der Waals surface area contributed by atoms with Gasteiger partial charge in [0.05, 0.1) is 34.2 Å². The van der Waals surface area contributed by atoms with Crippen LogP contribution in [0.4, 0.5) is 0 Å². The van der Waals surface area contributed by atoms with Crippen molar-refractivity contribution in [3.8, 4) is 78.7 Å². The largest absolute Gasteiger partial charge is 0.255 e. The van der Waals surface area contributed by atoms with Gasteiger partial charge in [0.15, 0.2) is 0 Å². The van der Waals surface area contributed by atoms with E-state index in [-0.39, 0.29) is 0 Å². The smallest absolute Gasteiger partial charge is 0.0900 e. The summed E-state index contributed by atoms with van der Waals surface area (Å²) < 4.78 is 0. The molecule has 7 aromatic carbocycles. The first-order valence-corrected chi connectivity index (χ1v) is 20.2. The van der Waals surface area contributed by atoms with Crippen molar-refractivity contribution in [2.45, 2.75) is 0 Å². The number of benzene rings is 7. The van der Waals surface area contributed by atoms with Crippen LogP contribution < -0.4 is 0 Å². The Kier molecular flexibility index (Phi) is 8.79. The van der Waals surface area contributed by atoms with Crippen LogP contribution in [-0.2, 0) is 0 Å². The summed E-state index contributed by atoms with van der Waals surface area (Å²) in [5.41, 5.74) is 14.2. The predicted molar refractivity (Wildman–Crippen MR) is 248 cm³/mol. The van der Waals surface area contributed by atoms with E-state index in [9.17, 15) is 0 Å². The lowest BCUT2D eigenvalue weighted by Gasteiger charge is -2.14. The molecule has 4 aromatic heterocycles. The second-order valence-electron chi connectivity index (χ2n) is 15.1. The number of aromatic nitrogens is 4. The standard InChI is InChI=1S/C56H36N4/c1-2-13-37(14-3-1)38-15-11-18-42(32-38)51-23-12-24-52(59-51)43-26-28-48-47-27-25-41(33-49(47)45-19-4-5-20-46(45)50(48)34-43)39-16-10-17-40(31-39)44-35-55(53-21-6-8-29-57-53)60-56(36-44)54-22-7-9-30-58-54/h1-36H. The first kappa shape index (κ1) is 35.1. The highest BCUT2D eigenvalue weighted by Gasteiger charge is 2.15. The maximum atomic E-state index is 5.20. The molecule has 11 aromatic rings. The van der Waals surface area contributed by atoms with Crippen molar-refractivity contribution in [3.05, 3.63) is 219 Å². The molecule has 4 heteroatoms. The van der Waals surface area contributed by atoms with Gasteiger partial charge in [-0.2, -0.15) is 0 Å². The van der Waals surface area contributed by atoms with E-state index in [4.69, 9.17) is 9.97 Å². The second-order valence-corrected chi connectivity index (χ2v) is 15.1. The van der Waals surface area contributed by atoms with Crippen LogP contribution in [0.5, 0.6) is 0 Å². The number of fused-ring (bicyclic) bond motifs is 6. The summed E-state index contributed by atoms with van der Waals surface area (Å²) in [5, 5.41) is 7.34. The molecular weight excluding hydrogens is 729 g/mol. The van der Waals surface area contributed by atoms with Crippen LogP contribution in [0, 0.1) is 0 Å². The Bertz CT molecular complexity index is 3280. The van der Waals surface area contributed by atoms with Gasteiger partial charge >= 0.3 is 0 Å². The third kappa shape index (κ3) is 6.56. The van der Waals surface area contributed by atoms with Gasteiger partial charge in [0.25, 0.3) is 0 Å². The fraction of sp³-hybridized carbons (Fsp3) is 0. The van der Waals surface area contributed by atoms with Crippen molar-refractivity contribution in [2.75, 3.05) is 0 Å². The van der Waals surface area contributed by atoms with Gasteiger partial charge < -0.3 is 0 Å². The van der Waals surface area contributed by atoms with Crippen LogP contribution in [0.25, 0.3) is 111 Å². The first-order chi connectivity index (χ1) is 29.7. The lowest BCUT2D eigenvalue weighted by Crippen LogP contribution is -1.94. The molecule has 280 valence electrons. The van der Waals surface area contributed by atoms with Gasteiger partial charge in [-0.05, 0) is 138 Å². The summed E-state index contributed by atoms with van der Waals surface area (Å²) in [6, 6.07) is 72.8. The molecule has 0 spiro atoms. The van der Waals surface area contributed by atoms with Gasteiger partial charge in [-0.3, -0.25) is 9.97 Å². The van der Waals surface area contributed by atoms with Crippen molar-refractivity contribution < 1.29 is 0 Å². The van der Waals surface area contributed by atoms with Crippen LogP contribution >= 0.6 is 0 Å². The zero-order chi connectivity index (χ0) is 39.8. The molecule has 0 fully saturated rings. The quantitative estimate of drug-likeness (QED) is 0.152. The summed E-state index contributed by atoms with van der Waals surface area (Å²) in [5.74, 6) is 0. The molecule has 4 nitrogen and oxygen atoms in total. The fourth-order valence-electron chi connectivity index (χ4n) is 8.41. The Hall–Kier alpha value is -8.08. The molecule has 0 bridgehead atoms. The minimum absolute atomic E-state index is 0.809. The number of hydrogen-bond donors (Lipinski definition) is 0. The summed E-state index contributed by atoms with van der Waals surface area (Å²) in [6.07, 6.45) is 3.61. The van der Waals surface area contributed by atoms with E-state index in [1.54, 1.807) is 12.4 Å². The van der Waals surface area contributed by atoms with E-state index in [1.807, 2.05) is 36.4 Å². The molecule has 4 heterocycles. The monoisotopic (exact) mass is 764 g/mol. The molecule has 0 aliphatic heterocycles. The number of pyridine rings is 4. The zero-order valence-electron chi connectivity index (χ0n) is 32.6. The summed E-state index contributed by atoms with van der Waals surface area (Å²) in [7, 11) is 0. The Morgan fingerprint density at radius 3 is 1.22 bits per heavy atom. The van der Waals surface area contributed by atoms with Gasteiger partial charge in [-0.15, -0.1) is 0 Å². The average Bonchev–Trinajstić information content (AvgIpc) is 3.34. The normalized spacial score (nSPS) is 11.3. The number of hydrogen-bond acceptors (Lipinski definition) is 4. The molecule has 0 N–H and O–H groups in total. The van der Waals surface area contributed by atoms with Gasteiger partial charge in [-0.1, -0.05) is 133 Å². The minimum atomic E-state index is 0.809. The number of rotatable bonds is 7. The van der Waals surface area contributed by atoms with Crippen LogP contribution in [-0.4, -0.2) is 19.9 Å². The zero-order valence-corrected chi connectivity index (χ0v) is 32.6. The Labute approximate surface area is 348 Å². The van der Waals surface area contributed by atoms with E-state index in [2.05, 4.69) is 180 Å². The maximum absolute atomic E-state index is 5.20. The molecule has 0 radical (unpaired) electrons. The first-order valence-electron chi connectivity index (χ1n) is 20.2. The molecule has 0 saturated carbocycles. The van der Waals surface area contributed by atoms with Gasteiger partial charge in [-0.25, -0.2) is 9.97 Å². The van der Waals surface area contributed by atoms with Crippen LogP contribution in [0.15, 0.2) is 219 Å². The molecule has 0 saturated heterocycles. The molecule has 0 aliphatic carbocycles. The van der Waals surface area contributed by atoms with Crippen LogP contribution in [0.1, 0.15) is 0 Å². The average molecular weight is 765 g/mol. The summed E-state index contributed by atoms with van der Waals surface area (Å²) >= 11 is 0. The molecule has 0 unspecified atom stereocenters. The summed E-state index contributed by atoms with van der Waals surface area (Å²) in [4.78, 5) is 19.4. The Morgan fingerprint density at radius 1 is 0.200 bits per heavy atom. The van der Waals surface area contributed by atoms with Crippen LogP contribution in [0.3, 0.4) is 0 Å². The lowest BCUT2D eigenvalue weighted by molar-refractivity contribution is 1.22. The topological polar surface area (TPSA) is 51.6 Å². The molecule has 11 rings (SSSR count). The van der Waals surface area contributed by atoms with E-state index < -0.39 is 0 Å². The molecule has 0 atom stereocenters. The van der Waals surface area contributed by atoms with Gasteiger partial charge in [0.1, 0.15) is 0 Å². The third-order valence-corrected chi connectivity index (χ3v) is 11.4. The fourth-order valence-corrected chi connectivity index (χ4v) is 8.41. The van der Waals surface area contributed by atoms with Crippen molar-refractivity contribution in [1.82, 2.24) is 19.9 Å². The highest BCUT2D eigenvalue weighted by molar-refractivity contribution is 6.26. The van der Waals surface area contributed by atoms with E-state index in [0.717, 1.165) is 67.5 Å². The Balaban J connectivity index is 0.983. The molecule has 0 amide bonds. The predicted octanol–water partition coefficient (Wildman–Crippen LogP) is 14.4. The molecule has 60 heavy (non-hydrogen) atoms. The van der Waals surface area contributed by atoms with E-state index in [1.165, 1.54) is 43.4 Å². The van der Waals surface area contributed by atoms with E-state index in [0.29, 0.717) is 0 Å². The van der Waals surface area contributed by atoms with Gasteiger partial charge in [0, 0.05) is 23.5 Å². The van der Waals surface area contributed by atoms with Crippen molar-refractivity contribution in [3.63, 3.8) is 0 Å². The highest BCUT2D eigenvalue weighted by atomic mass is 14.8. The van der Waals surface area contributed by atoms with Crippen molar-refractivity contribution in [1.29, 1.82) is 0 Å². The van der Waals surface area contributed by atoms with Gasteiger partial charge in [0.2, 0.25) is 0 Å². The maximum Gasteiger partial charge on any atom is 0.0900 e. The Morgan fingerprint density at radius 2 is 0.600 bits per heavy atom. The van der Waals surface area contributed by atoms with Crippen LogP contribution in [0.2, 0.25) is 0 Å². The lowest BCUT2D eigenvalue weighted by atomic mass is 9.90. The SMILES string of the molecule is c1ccc(-c2cccc(-c3cccc(-c4ccc5c6ccc(-c7cccc(-c8cc(-c9ccccn9)nc(-c9ccccn9)c8)c7)cc6c6ccccc6c5c4)n3)c2)cc1. The minimum Gasteiger partial charge on any atom is -0.255 e. The second kappa shape index (κ2) is 15.0. The third-order valence-electron chi connectivity index (χ3n) is 11.4. The molecule has 0 aliphatic rings. The van der Waals surface area contributed by atoms with E-state index >= 15 is 0 Å². The molecular formula is C56H36N4.